The van der Waals surface area contributed by atoms with Crippen LogP contribution in [-0.4, -0.2) is 26.2 Å². The minimum atomic E-state index is -1.50. The van der Waals surface area contributed by atoms with Crippen LogP contribution in [0.1, 0.15) is 19.5 Å². The second-order valence-electron chi connectivity index (χ2n) is 3.30. The zero-order valence-corrected chi connectivity index (χ0v) is 8.01. The fourth-order valence-corrected chi connectivity index (χ4v) is 1.02. The quantitative estimate of drug-likeness (QED) is 0.731. The van der Waals surface area contributed by atoms with Gasteiger partial charge in [-0.05, 0) is 13.8 Å². The molecule has 1 aromatic heterocycles. The topological polar surface area (TPSA) is 83.3 Å². The van der Waals surface area contributed by atoms with Crippen molar-refractivity contribution in [2.75, 3.05) is 0 Å². The average molecular weight is 196 g/mol. The maximum Gasteiger partial charge on any atom is 0.309 e. The highest BCUT2D eigenvalue weighted by Gasteiger charge is 2.36. The molecule has 1 aromatic rings. The standard InChI is InChI=1S/C9H12N2O3/c1-6(8(12)13)9(2,14)7-5-10-3-4-11-7/h3-6,14H,1-2H3,(H,12,13). The first kappa shape index (κ1) is 10.6. The number of carboxylic acids is 1. The molecule has 0 amide bonds. The number of carbonyl (C=O) groups is 1. The average Bonchev–Trinajstić information content (AvgIpc) is 2.18. The summed E-state index contributed by atoms with van der Waals surface area (Å²) in [5, 5.41) is 18.7. The first-order chi connectivity index (χ1) is 6.46. The lowest BCUT2D eigenvalue weighted by Crippen LogP contribution is -2.36. The van der Waals surface area contributed by atoms with Gasteiger partial charge in [-0.1, -0.05) is 0 Å². The van der Waals surface area contributed by atoms with Crippen LogP contribution < -0.4 is 0 Å². The minimum absolute atomic E-state index is 0.259. The predicted molar refractivity (Wildman–Crippen MR) is 48.4 cm³/mol. The van der Waals surface area contributed by atoms with Crippen LogP contribution in [-0.2, 0) is 10.4 Å². The molecular weight excluding hydrogens is 184 g/mol. The van der Waals surface area contributed by atoms with Crippen LogP contribution in [0.5, 0.6) is 0 Å². The molecule has 1 rings (SSSR count). The van der Waals surface area contributed by atoms with Crippen molar-refractivity contribution >= 4 is 5.97 Å². The molecule has 0 saturated carbocycles. The van der Waals surface area contributed by atoms with Gasteiger partial charge in [-0.2, -0.15) is 0 Å². The van der Waals surface area contributed by atoms with E-state index in [0.717, 1.165) is 0 Å². The van der Waals surface area contributed by atoms with Gasteiger partial charge in [-0.15, -0.1) is 0 Å². The van der Waals surface area contributed by atoms with Crippen molar-refractivity contribution < 1.29 is 15.0 Å². The fraction of sp³-hybridized carbons (Fsp3) is 0.444. The van der Waals surface area contributed by atoms with Crippen molar-refractivity contribution in [3.8, 4) is 0 Å². The van der Waals surface area contributed by atoms with E-state index in [4.69, 9.17) is 5.11 Å². The Kier molecular flexibility index (Phi) is 2.81. The molecule has 2 N–H and O–H groups in total. The molecule has 0 aromatic carbocycles. The van der Waals surface area contributed by atoms with Gasteiger partial charge in [0.25, 0.3) is 0 Å². The summed E-state index contributed by atoms with van der Waals surface area (Å²) in [7, 11) is 0. The molecule has 0 saturated heterocycles. The van der Waals surface area contributed by atoms with Gasteiger partial charge < -0.3 is 10.2 Å². The zero-order valence-electron chi connectivity index (χ0n) is 8.01. The molecule has 14 heavy (non-hydrogen) atoms. The van der Waals surface area contributed by atoms with E-state index >= 15 is 0 Å². The number of aromatic nitrogens is 2. The SMILES string of the molecule is CC(C(=O)O)C(C)(O)c1cnccn1. The highest BCUT2D eigenvalue weighted by Crippen LogP contribution is 2.26. The highest BCUT2D eigenvalue weighted by molar-refractivity contribution is 5.71. The number of aliphatic carboxylic acids is 1. The van der Waals surface area contributed by atoms with E-state index in [9.17, 15) is 9.90 Å². The van der Waals surface area contributed by atoms with Gasteiger partial charge in [0.1, 0.15) is 5.60 Å². The summed E-state index contributed by atoms with van der Waals surface area (Å²) in [5.41, 5.74) is -1.24. The molecule has 0 aliphatic heterocycles. The van der Waals surface area contributed by atoms with E-state index in [2.05, 4.69) is 9.97 Å². The van der Waals surface area contributed by atoms with Gasteiger partial charge in [0.15, 0.2) is 0 Å². The van der Waals surface area contributed by atoms with E-state index in [1.54, 1.807) is 0 Å². The molecule has 1 heterocycles. The predicted octanol–water partition coefficient (Wildman–Crippen LogP) is 0.405. The summed E-state index contributed by atoms with van der Waals surface area (Å²) in [4.78, 5) is 18.4. The van der Waals surface area contributed by atoms with Crippen molar-refractivity contribution in [3.05, 3.63) is 24.3 Å². The third kappa shape index (κ3) is 1.88. The van der Waals surface area contributed by atoms with E-state index < -0.39 is 17.5 Å². The monoisotopic (exact) mass is 196 g/mol. The summed E-state index contributed by atoms with van der Waals surface area (Å²) in [6.07, 6.45) is 4.24. The Morgan fingerprint density at radius 3 is 2.64 bits per heavy atom. The van der Waals surface area contributed by atoms with Gasteiger partial charge in [0.05, 0.1) is 17.8 Å². The maximum atomic E-state index is 10.7. The van der Waals surface area contributed by atoms with Crippen LogP contribution in [0.4, 0.5) is 0 Å². The number of hydrogen-bond acceptors (Lipinski definition) is 4. The van der Waals surface area contributed by atoms with Gasteiger partial charge in [-0.25, -0.2) is 0 Å². The molecule has 5 heteroatoms. The lowest BCUT2D eigenvalue weighted by Gasteiger charge is -2.26. The maximum absolute atomic E-state index is 10.7. The molecule has 0 fully saturated rings. The molecule has 2 atom stereocenters. The molecular formula is C9H12N2O3. The van der Waals surface area contributed by atoms with Crippen LogP contribution in [0.25, 0.3) is 0 Å². The fourth-order valence-electron chi connectivity index (χ4n) is 1.02. The highest BCUT2D eigenvalue weighted by atomic mass is 16.4. The Labute approximate surface area is 81.4 Å². The Bertz CT molecular complexity index is 324. The van der Waals surface area contributed by atoms with Crippen LogP contribution in [0.2, 0.25) is 0 Å². The molecule has 0 aliphatic carbocycles. The minimum Gasteiger partial charge on any atom is -0.481 e. The summed E-state index contributed by atoms with van der Waals surface area (Å²) >= 11 is 0. The Hall–Kier alpha value is -1.49. The second kappa shape index (κ2) is 3.71. The normalized spacial score (nSPS) is 17.1. The molecule has 0 bridgehead atoms. The first-order valence-corrected chi connectivity index (χ1v) is 4.18. The zero-order chi connectivity index (χ0) is 10.8. The van der Waals surface area contributed by atoms with Gasteiger partial charge in [0.2, 0.25) is 0 Å². The largest absolute Gasteiger partial charge is 0.481 e. The lowest BCUT2D eigenvalue weighted by molar-refractivity contribution is -0.150. The van der Waals surface area contributed by atoms with Crippen molar-refractivity contribution in [1.29, 1.82) is 0 Å². The molecule has 0 spiro atoms. The van der Waals surface area contributed by atoms with Crippen molar-refractivity contribution in [2.45, 2.75) is 19.4 Å². The number of hydrogen-bond donors (Lipinski definition) is 2. The van der Waals surface area contributed by atoms with E-state index in [-0.39, 0.29) is 5.69 Å². The molecule has 0 aliphatic rings. The smallest absolute Gasteiger partial charge is 0.309 e. The molecule has 0 radical (unpaired) electrons. The molecule has 2 unspecified atom stereocenters. The number of rotatable bonds is 3. The van der Waals surface area contributed by atoms with Gasteiger partial charge >= 0.3 is 5.97 Å². The number of carboxylic acid groups (broad SMARTS) is 1. The lowest BCUT2D eigenvalue weighted by atomic mass is 9.88. The van der Waals surface area contributed by atoms with Crippen molar-refractivity contribution in [1.82, 2.24) is 9.97 Å². The number of aliphatic hydroxyl groups is 1. The van der Waals surface area contributed by atoms with Crippen LogP contribution in [0.15, 0.2) is 18.6 Å². The first-order valence-electron chi connectivity index (χ1n) is 4.18. The van der Waals surface area contributed by atoms with Gasteiger partial charge in [0, 0.05) is 12.4 Å². The van der Waals surface area contributed by atoms with E-state index in [0.29, 0.717) is 0 Å². The molecule has 5 nitrogen and oxygen atoms in total. The summed E-state index contributed by atoms with van der Waals surface area (Å²) < 4.78 is 0. The number of nitrogens with zero attached hydrogens (tertiary/aromatic N) is 2. The van der Waals surface area contributed by atoms with Gasteiger partial charge in [-0.3, -0.25) is 14.8 Å². The molecule has 76 valence electrons. The third-order valence-corrected chi connectivity index (χ3v) is 2.30. The van der Waals surface area contributed by atoms with Crippen LogP contribution in [0.3, 0.4) is 0 Å². The van der Waals surface area contributed by atoms with E-state index in [1.165, 1.54) is 32.4 Å². The second-order valence-corrected chi connectivity index (χ2v) is 3.30. The van der Waals surface area contributed by atoms with Crippen LogP contribution >= 0.6 is 0 Å². The van der Waals surface area contributed by atoms with Crippen molar-refractivity contribution in [3.63, 3.8) is 0 Å². The van der Waals surface area contributed by atoms with Crippen molar-refractivity contribution in [2.24, 2.45) is 5.92 Å². The Morgan fingerprint density at radius 2 is 2.21 bits per heavy atom. The summed E-state index contributed by atoms with van der Waals surface area (Å²) in [5.74, 6) is -2.00. The summed E-state index contributed by atoms with van der Waals surface area (Å²) in [6.45, 7) is 2.84. The van der Waals surface area contributed by atoms with E-state index in [1.807, 2.05) is 0 Å². The summed E-state index contributed by atoms with van der Waals surface area (Å²) in [6, 6.07) is 0. The van der Waals surface area contributed by atoms with Crippen LogP contribution in [0, 0.1) is 5.92 Å². The Balaban J connectivity index is 3.02. The Morgan fingerprint density at radius 1 is 1.57 bits per heavy atom. The third-order valence-electron chi connectivity index (χ3n) is 2.30.